The monoisotopic (exact) mass is 231 g/mol. The van der Waals surface area contributed by atoms with Crippen molar-refractivity contribution in [3.63, 3.8) is 0 Å². The van der Waals surface area contributed by atoms with Gasteiger partial charge < -0.3 is 4.90 Å². The zero-order chi connectivity index (χ0) is 9.14. The lowest BCUT2D eigenvalue weighted by atomic mass is 10.3. The lowest BCUT2D eigenvalue weighted by molar-refractivity contribution is -0.130. The quantitative estimate of drug-likeness (QED) is 0.535. The highest BCUT2D eigenvalue weighted by Gasteiger charge is 2.32. The lowest BCUT2D eigenvalue weighted by Gasteiger charge is -2.21. The molecule has 1 rings (SSSR count). The van der Waals surface area contributed by atoms with Crippen LogP contribution in [0, 0.1) is 0 Å². The van der Waals surface area contributed by atoms with E-state index in [9.17, 15) is 4.79 Å². The summed E-state index contributed by atoms with van der Waals surface area (Å²) in [5.74, 6) is 0.178. The van der Waals surface area contributed by atoms with Gasteiger partial charge in [0.1, 0.15) is 0 Å². The van der Waals surface area contributed by atoms with Crippen molar-refractivity contribution in [2.75, 3.05) is 6.54 Å². The molecule has 68 valence electrons. The normalized spacial score (nSPS) is 18.5. The molecule has 0 radical (unpaired) electrons. The van der Waals surface area contributed by atoms with Crippen molar-refractivity contribution in [1.29, 1.82) is 0 Å². The highest BCUT2D eigenvalue weighted by Crippen LogP contribution is 2.27. The van der Waals surface area contributed by atoms with Crippen LogP contribution in [-0.4, -0.2) is 28.2 Å². The van der Waals surface area contributed by atoms with Gasteiger partial charge in [-0.1, -0.05) is 22.0 Å². The third kappa shape index (κ3) is 2.34. The molecule has 1 aliphatic carbocycles. The first-order chi connectivity index (χ1) is 5.66. The number of hydrogen-bond donors (Lipinski definition) is 0. The number of alkyl halides is 1. The van der Waals surface area contributed by atoms with E-state index >= 15 is 0 Å². The largest absolute Gasteiger partial charge is 0.335 e. The molecule has 1 atom stereocenters. The van der Waals surface area contributed by atoms with Crippen molar-refractivity contribution in [3.8, 4) is 0 Å². The van der Waals surface area contributed by atoms with Crippen LogP contribution in [0.4, 0.5) is 0 Å². The predicted molar refractivity (Wildman–Crippen MR) is 53.3 cm³/mol. The van der Waals surface area contributed by atoms with Crippen LogP contribution in [-0.2, 0) is 4.79 Å². The molecule has 1 aliphatic rings. The number of carbonyl (C=O) groups excluding carboxylic acids is 1. The number of rotatable bonds is 4. The fraction of sp³-hybridized carbons (Fsp3) is 0.667. The molecule has 0 bridgehead atoms. The Kier molecular flexibility index (Phi) is 3.32. The van der Waals surface area contributed by atoms with E-state index in [0.29, 0.717) is 12.6 Å². The lowest BCUT2D eigenvalue weighted by Crippen LogP contribution is -2.37. The van der Waals surface area contributed by atoms with E-state index in [1.165, 1.54) is 0 Å². The molecule has 1 amide bonds. The fourth-order valence-electron chi connectivity index (χ4n) is 1.17. The Bertz CT molecular complexity index is 187. The molecule has 12 heavy (non-hydrogen) atoms. The molecule has 0 aliphatic heterocycles. The first-order valence-electron chi connectivity index (χ1n) is 4.22. The second kappa shape index (κ2) is 4.08. The molecule has 0 aromatic rings. The minimum Gasteiger partial charge on any atom is -0.335 e. The molecule has 0 aromatic heterocycles. The SMILES string of the molecule is C=CCN(C(=O)C(C)Br)C1CC1. The van der Waals surface area contributed by atoms with Gasteiger partial charge in [0.2, 0.25) is 5.91 Å². The second-order valence-electron chi connectivity index (χ2n) is 3.13. The van der Waals surface area contributed by atoms with Crippen LogP contribution >= 0.6 is 15.9 Å². The van der Waals surface area contributed by atoms with Crippen LogP contribution in [0.25, 0.3) is 0 Å². The summed E-state index contributed by atoms with van der Waals surface area (Å²) in [5.41, 5.74) is 0. The average molecular weight is 232 g/mol. The van der Waals surface area contributed by atoms with Gasteiger partial charge >= 0.3 is 0 Å². The fourth-order valence-corrected chi connectivity index (χ4v) is 1.44. The Hall–Kier alpha value is -0.310. The zero-order valence-corrected chi connectivity index (χ0v) is 8.88. The van der Waals surface area contributed by atoms with Crippen molar-refractivity contribution >= 4 is 21.8 Å². The average Bonchev–Trinajstić information content (AvgIpc) is 2.81. The van der Waals surface area contributed by atoms with Crippen LogP contribution in [0.2, 0.25) is 0 Å². The van der Waals surface area contributed by atoms with Crippen LogP contribution in [0.1, 0.15) is 19.8 Å². The Morgan fingerprint density at radius 2 is 2.42 bits per heavy atom. The van der Waals surface area contributed by atoms with Crippen molar-refractivity contribution < 1.29 is 4.79 Å². The molecule has 0 aromatic carbocycles. The maximum absolute atomic E-state index is 11.5. The maximum atomic E-state index is 11.5. The smallest absolute Gasteiger partial charge is 0.236 e. The van der Waals surface area contributed by atoms with Gasteiger partial charge in [-0.2, -0.15) is 0 Å². The minimum absolute atomic E-state index is 0.0713. The van der Waals surface area contributed by atoms with Crippen LogP contribution in [0.15, 0.2) is 12.7 Å². The highest BCUT2D eigenvalue weighted by molar-refractivity contribution is 9.10. The molecule has 0 heterocycles. The van der Waals surface area contributed by atoms with E-state index in [1.54, 1.807) is 6.08 Å². The maximum Gasteiger partial charge on any atom is 0.236 e. The summed E-state index contributed by atoms with van der Waals surface area (Å²) >= 11 is 3.28. The molecular formula is C9H14BrNO. The number of carbonyl (C=O) groups is 1. The van der Waals surface area contributed by atoms with E-state index in [4.69, 9.17) is 0 Å². The van der Waals surface area contributed by atoms with E-state index < -0.39 is 0 Å². The summed E-state index contributed by atoms with van der Waals surface area (Å²) in [6.07, 6.45) is 4.09. The number of nitrogens with zero attached hydrogens (tertiary/aromatic N) is 1. The molecule has 0 N–H and O–H groups in total. The second-order valence-corrected chi connectivity index (χ2v) is 4.50. The topological polar surface area (TPSA) is 20.3 Å². The van der Waals surface area contributed by atoms with Gasteiger partial charge in [0.05, 0.1) is 4.83 Å². The van der Waals surface area contributed by atoms with E-state index in [2.05, 4.69) is 22.5 Å². The molecule has 3 heteroatoms. The highest BCUT2D eigenvalue weighted by atomic mass is 79.9. The van der Waals surface area contributed by atoms with Gasteiger partial charge in [-0.05, 0) is 19.8 Å². The van der Waals surface area contributed by atoms with E-state index in [1.807, 2.05) is 11.8 Å². The van der Waals surface area contributed by atoms with Gasteiger partial charge in [-0.25, -0.2) is 0 Å². The number of halogens is 1. The Balaban J connectivity index is 2.51. The first kappa shape index (κ1) is 9.78. The first-order valence-corrected chi connectivity index (χ1v) is 5.14. The van der Waals surface area contributed by atoms with Crippen molar-refractivity contribution in [2.24, 2.45) is 0 Å². The van der Waals surface area contributed by atoms with E-state index in [0.717, 1.165) is 12.8 Å². The summed E-state index contributed by atoms with van der Waals surface area (Å²) in [7, 11) is 0. The molecule has 2 nitrogen and oxygen atoms in total. The van der Waals surface area contributed by atoms with Gasteiger partial charge in [-0.15, -0.1) is 6.58 Å². The standard InChI is InChI=1S/C9H14BrNO/c1-3-6-11(8-4-5-8)9(12)7(2)10/h3,7-8H,1,4-6H2,2H3. The predicted octanol–water partition coefficient (Wildman–Crippen LogP) is 1.95. The van der Waals surface area contributed by atoms with E-state index in [-0.39, 0.29) is 10.7 Å². The molecule has 0 saturated heterocycles. The van der Waals surface area contributed by atoms with Crippen LogP contribution in [0.5, 0.6) is 0 Å². The minimum atomic E-state index is -0.0713. The Morgan fingerprint density at radius 3 is 2.75 bits per heavy atom. The van der Waals surface area contributed by atoms with Crippen molar-refractivity contribution in [3.05, 3.63) is 12.7 Å². The van der Waals surface area contributed by atoms with Gasteiger partial charge in [0.15, 0.2) is 0 Å². The Labute approximate surface area is 81.8 Å². The third-order valence-electron chi connectivity index (χ3n) is 1.94. The van der Waals surface area contributed by atoms with Gasteiger partial charge in [0.25, 0.3) is 0 Å². The zero-order valence-electron chi connectivity index (χ0n) is 7.29. The summed E-state index contributed by atoms with van der Waals surface area (Å²) in [5, 5.41) is 0. The molecule has 0 spiro atoms. The van der Waals surface area contributed by atoms with Gasteiger partial charge in [-0.3, -0.25) is 4.79 Å². The van der Waals surface area contributed by atoms with Crippen molar-refractivity contribution in [1.82, 2.24) is 4.90 Å². The van der Waals surface area contributed by atoms with Crippen LogP contribution < -0.4 is 0 Å². The number of hydrogen-bond acceptors (Lipinski definition) is 1. The summed E-state index contributed by atoms with van der Waals surface area (Å²) < 4.78 is 0. The van der Waals surface area contributed by atoms with Gasteiger partial charge in [0, 0.05) is 12.6 Å². The van der Waals surface area contributed by atoms with Crippen LogP contribution in [0.3, 0.4) is 0 Å². The van der Waals surface area contributed by atoms with Crippen molar-refractivity contribution in [2.45, 2.75) is 30.6 Å². The third-order valence-corrected chi connectivity index (χ3v) is 2.33. The molecular weight excluding hydrogens is 218 g/mol. The Morgan fingerprint density at radius 1 is 1.83 bits per heavy atom. The summed E-state index contributed by atoms with van der Waals surface area (Å²) in [4.78, 5) is 13.4. The summed E-state index contributed by atoms with van der Waals surface area (Å²) in [6, 6.07) is 0.482. The number of amides is 1. The summed E-state index contributed by atoms with van der Waals surface area (Å²) in [6.45, 7) is 6.19. The molecule has 1 saturated carbocycles. The molecule has 1 unspecified atom stereocenters. The molecule has 1 fully saturated rings.